The maximum absolute atomic E-state index is 8.82. The van der Waals surface area contributed by atoms with Crippen molar-refractivity contribution in [3.05, 3.63) is 0 Å². The largest absolute Gasteiger partial charge is 0.417 e. The van der Waals surface area contributed by atoms with E-state index in [0.717, 1.165) is 58.7 Å². The van der Waals surface area contributed by atoms with Crippen molar-refractivity contribution >= 4 is 8.32 Å². The minimum atomic E-state index is -1.77. The highest BCUT2D eigenvalue weighted by Gasteiger charge is 2.40. The van der Waals surface area contributed by atoms with Crippen molar-refractivity contribution in [1.29, 1.82) is 0 Å². The number of unbranched alkanes of at least 4 members (excludes halogenated alkanes) is 5. The topological polar surface area (TPSA) is 77.4 Å². The quantitative estimate of drug-likeness (QED) is 0.156. The number of aliphatic hydroxyl groups excluding tert-OH is 2. The molecule has 0 rings (SSSR count). The van der Waals surface area contributed by atoms with Gasteiger partial charge in [-0.1, -0.05) is 39.5 Å². The average Bonchev–Trinajstić information content (AvgIpc) is 2.73. The fourth-order valence-electron chi connectivity index (χ4n) is 3.07. The lowest BCUT2D eigenvalue weighted by Crippen LogP contribution is -2.43. The Hall–Kier alpha value is -0.0231. The predicted molar refractivity (Wildman–Crippen MR) is 130 cm³/mol. The third-order valence-electron chi connectivity index (χ3n) is 6.12. The molecule has 0 unspecified atom stereocenters. The van der Waals surface area contributed by atoms with E-state index >= 15 is 0 Å². The van der Waals surface area contributed by atoms with Gasteiger partial charge in [-0.15, -0.1) is 0 Å². The molecule has 0 fully saturated rings. The molecule has 0 atom stereocenters. The average molecular weight is 465 g/mol. The molecule has 7 heteroatoms. The molecule has 0 radical (unpaired) electrons. The Morgan fingerprint density at radius 1 is 0.548 bits per heavy atom. The highest BCUT2D eigenvalue weighted by molar-refractivity contribution is 6.74. The standard InChI is InChI=1S/C24H52O6Si/c1-24(2,14-23-29-19-12-16-26)31(3,4)30-22-10-8-6-5-7-9-17-27-20-13-21-28-18-11-15-25/h25-26H,5-23H2,1-4H3. The van der Waals surface area contributed by atoms with Gasteiger partial charge in [0.25, 0.3) is 0 Å². The van der Waals surface area contributed by atoms with Crippen molar-refractivity contribution in [2.75, 3.05) is 59.5 Å². The smallest absolute Gasteiger partial charge is 0.192 e. The summed E-state index contributed by atoms with van der Waals surface area (Å²) in [6, 6.07) is 0. The highest BCUT2D eigenvalue weighted by Crippen LogP contribution is 2.41. The van der Waals surface area contributed by atoms with Gasteiger partial charge in [0.1, 0.15) is 0 Å². The molecule has 31 heavy (non-hydrogen) atoms. The summed E-state index contributed by atoms with van der Waals surface area (Å²) in [7, 11) is -1.77. The van der Waals surface area contributed by atoms with E-state index in [1.165, 1.54) is 25.7 Å². The zero-order valence-electron chi connectivity index (χ0n) is 21.0. The van der Waals surface area contributed by atoms with Crippen LogP contribution >= 0.6 is 0 Å². The van der Waals surface area contributed by atoms with Crippen LogP contribution in [0.15, 0.2) is 0 Å². The van der Waals surface area contributed by atoms with Crippen molar-refractivity contribution in [2.24, 2.45) is 0 Å². The summed E-state index contributed by atoms with van der Waals surface area (Å²) in [4.78, 5) is 0. The highest BCUT2D eigenvalue weighted by atomic mass is 28.4. The number of rotatable bonds is 24. The normalized spacial score (nSPS) is 12.6. The van der Waals surface area contributed by atoms with E-state index in [9.17, 15) is 0 Å². The first-order valence-electron chi connectivity index (χ1n) is 12.5. The molecule has 188 valence electrons. The minimum Gasteiger partial charge on any atom is -0.417 e. The summed E-state index contributed by atoms with van der Waals surface area (Å²) in [6.45, 7) is 14.9. The van der Waals surface area contributed by atoms with Gasteiger partial charge in [0.05, 0.1) is 0 Å². The Labute approximate surface area is 193 Å². The minimum absolute atomic E-state index is 0.178. The third-order valence-corrected chi connectivity index (χ3v) is 10.6. The van der Waals surface area contributed by atoms with Gasteiger partial charge < -0.3 is 28.8 Å². The molecule has 0 saturated heterocycles. The molecule has 0 heterocycles. The van der Waals surface area contributed by atoms with Crippen molar-refractivity contribution < 1.29 is 28.8 Å². The van der Waals surface area contributed by atoms with E-state index in [4.69, 9.17) is 28.8 Å². The van der Waals surface area contributed by atoms with Crippen LogP contribution in [0.1, 0.15) is 78.1 Å². The molecule has 0 aliphatic heterocycles. The van der Waals surface area contributed by atoms with E-state index < -0.39 is 8.32 Å². The molecule has 6 nitrogen and oxygen atoms in total. The summed E-state index contributed by atoms with van der Waals surface area (Å²) < 4.78 is 23.0. The van der Waals surface area contributed by atoms with E-state index in [1.54, 1.807) is 0 Å². The molecule has 2 N–H and O–H groups in total. The fraction of sp³-hybridized carbons (Fsp3) is 1.00. The molecule has 0 aromatic rings. The van der Waals surface area contributed by atoms with Crippen LogP contribution in [-0.4, -0.2) is 78.0 Å². The third kappa shape index (κ3) is 18.1. The van der Waals surface area contributed by atoms with Crippen LogP contribution in [-0.2, 0) is 18.6 Å². The summed E-state index contributed by atoms with van der Waals surface area (Å²) >= 11 is 0. The van der Waals surface area contributed by atoms with E-state index in [2.05, 4.69) is 26.9 Å². The van der Waals surface area contributed by atoms with Gasteiger partial charge in [-0.05, 0) is 56.7 Å². The molecular formula is C24H52O6Si. The van der Waals surface area contributed by atoms with Crippen molar-refractivity contribution in [3.63, 3.8) is 0 Å². The van der Waals surface area contributed by atoms with Crippen LogP contribution in [0.3, 0.4) is 0 Å². The lowest BCUT2D eigenvalue weighted by Gasteiger charge is -2.39. The van der Waals surface area contributed by atoms with E-state index in [1.807, 2.05) is 0 Å². The Kier molecular flexibility index (Phi) is 20.6. The molecule has 0 aromatic carbocycles. The van der Waals surface area contributed by atoms with Gasteiger partial charge in [0.15, 0.2) is 8.32 Å². The molecule has 0 saturated carbocycles. The molecule has 0 amide bonds. The van der Waals surface area contributed by atoms with Gasteiger partial charge in [-0.3, -0.25) is 0 Å². The second-order valence-corrected chi connectivity index (χ2v) is 14.1. The second-order valence-electron chi connectivity index (χ2n) is 9.46. The van der Waals surface area contributed by atoms with Crippen LogP contribution in [0.5, 0.6) is 0 Å². The monoisotopic (exact) mass is 464 g/mol. The lowest BCUT2D eigenvalue weighted by molar-refractivity contribution is 0.0748. The maximum atomic E-state index is 8.82. The van der Waals surface area contributed by atoms with Crippen molar-refractivity contribution in [3.8, 4) is 0 Å². The van der Waals surface area contributed by atoms with Crippen LogP contribution in [0.2, 0.25) is 18.1 Å². The number of ether oxygens (including phenoxy) is 3. The molecule has 0 aliphatic carbocycles. The van der Waals surface area contributed by atoms with Crippen LogP contribution in [0.25, 0.3) is 0 Å². The second kappa shape index (κ2) is 20.6. The first kappa shape index (κ1) is 31.0. The zero-order chi connectivity index (χ0) is 23.3. The number of aliphatic hydroxyl groups is 2. The molecular weight excluding hydrogens is 412 g/mol. The first-order chi connectivity index (χ1) is 14.9. The van der Waals surface area contributed by atoms with Gasteiger partial charge in [-0.2, -0.15) is 0 Å². The Morgan fingerprint density at radius 2 is 0.968 bits per heavy atom. The first-order valence-corrected chi connectivity index (χ1v) is 15.4. The SMILES string of the molecule is CC(C)(CCOCCCO)[Si](C)(C)OCCCCCCCCOCCCOCCCO. The molecule has 0 aliphatic rings. The van der Waals surface area contributed by atoms with Gasteiger partial charge >= 0.3 is 0 Å². The van der Waals surface area contributed by atoms with Gasteiger partial charge in [0.2, 0.25) is 0 Å². The van der Waals surface area contributed by atoms with E-state index in [-0.39, 0.29) is 18.3 Å². The molecule has 0 aromatic heterocycles. The summed E-state index contributed by atoms with van der Waals surface area (Å²) in [5.41, 5.74) is 0. The molecule has 0 bridgehead atoms. The van der Waals surface area contributed by atoms with E-state index in [0.29, 0.717) is 26.1 Å². The zero-order valence-corrected chi connectivity index (χ0v) is 22.0. The van der Waals surface area contributed by atoms with Crippen LogP contribution < -0.4 is 0 Å². The number of hydrogen-bond donors (Lipinski definition) is 2. The van der Waals surface area contributed by atoms with Gasteiger partial charge in [-0.25, -0.2) is 0 Å². The van der Waals surface area contributed by atoms with Gasteiger partial charge in [0, 0.05) is 59.5 Å². The fourth-order valence-corrected chi connectivity index (χ4v) is 4.82. The Balaban J connectivity index is 3.51. The maximum Gasteiger partial charge on any atom is 0.192 e. The Bertz CT molecular complexity index is 379. The van der Waals surface area contributed by atoms with Crippen LogP contribution in [0.4, 0.5) is 0 Å². The summed E-state index contributed by atoms with van der Waals surface area (Å²) in [6.07, 6.45) is 10.7. The number of hydrogen-bond acceptors (Lipinski definition) is 6. The summed E-state index contributed by atoms with van der Waals surface area (Å²) in [5.74, 6) is 0. The van der Waals surface area contributed by atoms with Crippen LogP contribution in [0, 0.1) is 0 Å². The molecule has 0 spiro atoms. The summed E-state index contributed by atoms with van der Waals surface area (Å²) in [5, 5.41) is 17.7. The lowest BCUT2D eigenvalue weighted by atomic mass is 10.1. The predicted octanol–water partition coefficient (Wildman–Crippen LogP) is 4.92. The van der Waals surface area contributed by atoms with Crippen molar-refractivity contribution in [2.45, 2.75) is 96.2 Å². The Morgan fingerprint density at radius 3 is 1.52 bits per heavy atom. The van der Waals surface area contributed by atoms with Crippen molar-refractivity contribution in [1.82, 2.24) is 0 Å².